The maximum absolute atomic E-state index is 10.6. The molecule has 1 heterocycles. The summed E-state index contributed by atoms with van der Waals surface area (Å²) in [5.74, 6) is 5.16. The topological polar surface area (TPSA) is 67.8 Å². The first kappa shape index (κ1) is 7.67. The number of para-hydroxylation sites is 1. The molecule has 0 atom stereocenters. The standard InChI is InChI=1S/C9H7N3O/c10-12-9-6-3-1-2-4-7(6)11-8(9)5-13/h1-5H,10H2/b12-9-. The Labute approximate surface area is 74.8 Å². The largest absolute Gasteiger partial charge is 0.323 e. The van der Waals surface area contributed by atoms with E-state index >= 15 is 0 Å². The van der Waals surface area contributed by atoms with E-state index in [0.717, 1.165) is 11.3 Å². The lowest BCUT2D eigenvalue weighted by Crippen LogP contribution is -2.14. The minimum Gasteiger partial charge on any atom is -0.323 e. The van der Waals surface area contributed by atoms with Crippen molar-refractivity contribution >= 4 is 23.4 Å². The van der Waals surface area contributed by atoms with Crippen LogP contribution in [0.15, 0.2) is 34.4 Å². The first-order valence-electron chi connectivity index (χ1n) is 3.78. The molecule has 64 valence electrons. The molecule has 0 unspecified atom stereocenters. The van der Waals surface area contributed by atoms with Crippen LogP contribution in [0.25, 0.3) is 0 Å². The van der Waals surface area contributed by atoms with Crippen LogP contribution in [0, 0.1) is 0 Å². The number of rotatable bonds is 1. The fourth-order valence-corrected chi connectivity index (χ4v) is 1.31. The number of nitrogens with two attached hydrogens (primary N) is 1. The first-order valence-corrected chi connectivity index (χ1v) is 3.78. The van der Waals surface area contributed by atoms with Gasteiger partial charge in [-0.25, -0.2) is 4.99 Å². The smallest absolute Gasteiger partial charge is 0.170 e. The number of nitrogens with zero attached hydrogens (tertiary/aromatic N) is 2. The Hall–Kier alpha value is -1.97. The molecular formula is C9H7N3O. The maximum atomic E-state index is 10.6. The minimum absolute atomic E-state index is 0.295. The van der Waals surface area contributed by atoms with E-state index in [9.17, 15) is 4.79 Å². The molecule has 0 fully saturated rings. The number of fused-ring (bicyclic) bond motifs is 1. The highest BCUT2D eigenvalue weighted by Crippen LogP contribution is 2.25. The SMILES string of the molecule is N/N=C1\C(C=O)=Nc2ccccc21. The Morgan fingerprint density at radius 3 is 2.85 bits per heavy atom. The number of hydrogen-bond donors (Lipinski definition) is 1. The van der Waals surface area contributed by atoms with E-state index in [0.29, 0.717) is 17.7 Å². The zero-order valence-electron chi connectivity index (χ0n) is 6.77. The van der Waals surface area contributed by atoms with Crippen LogP contribution in [0.5, 0.6) is 0 Å². The lowest BCUT2D eigenvalue weighted by Gasteiger charge is -1.95. The molecule has 0 aromatic heterocycles. The molecule has 0 saturated carbocycles. The van der Waals surface area contributed by atoms with Crippen LogP contribution < -0.4 is 5.84 Å². The summed E-state index contributed by atoms with van der Waals surface area (Å²) in [5, 5.41) is 3.54. The summed E-state index contributed by atoms with van der Waals surface area (Å²) < 4.78 is 0. The van der Waals surface area contributed by atoms with Gasteiger partial charge in [0.1, 0.15) is 11.4 Å². The van der Waals surface area contributed by atoms with Gasteiger partial charge in [0.25, 0.3) is 0 Å². The number of hydrazone groups is 1. The summed E-state index contributed by atoms with van der Waals surface area (Å²) >= 11 is 0. The highest BCUT2D eigenvalue weighted by molar-refractivity contribution is 6.67. The Balaban J connectivity index is 2.63. The van der Waals surface area contributed by atoms with Gasteiger partial charge in [-0.15, -0.1) is 0 Å². The highest BCUT2D eigenvalue weighted by Gasteiger charge is 2.20. The van der Waals surface area contributed by atoms with Crippen molar-refractivity contribution in [3.8, 4) is 0 Å². The molecule has 0 amide bonds. The summed E-state index contributed by atoms with van der Waals surface area (Å²) in [5.41, 5.74) is 2.32. The van der Waals surface area contributed by atoms with Gasteiger partial charge in [0.2, 0.25) is 0 Å². The summed E-state index contributed by atoms with van der Waals surface area (Å²) in [6, 6.07) is 7.36. The Kier molecular flexibility index (Phi) is 1.66. The third-order valence-electron chi connectivity index (χ3n) is 1.88. The van der Waals surface area contributed by atoms with E-state index < -0.39 is 0 Å². The molecule has 1 aliphatic heterocycles. The van der Waals surface area contributed by atoms with E-state index in [2.05, 4.69) is 10.1 Å². The Morgan fingerprint density at radius 2 is 2.15 bits per heavy atom. The van der Waals surface area contributed by atoms with Crippen molar-refractivity contribution in [1.29, 1.82) is 0 Å². The minimum atomic E-state index is 0.295. The second kappa shape index (κ2) is 2.82. The molecule has 0 saturated heterocycles. The van der Waals surface area contributed by atoms with Gasteiger partial charge in [0.05, 0.1) is 5.69 Å². The summed E-state index contributed by atoms with van der Waals surface area (Å²) in [6.45, 7) is 0. The van der Waals surface area contributed by atoms with Gasteiger partial charge in [0, 0.05) is 5.56 Å². The molecule has 1 aliphatic rings. The summed E-state index contributed by atoms with van der Waals surface area (Å²) in [6.07, 6.45) is 0.658. The number of carbonyl (C=O) groups is 1. The van der Waals surface area contributed by atoms with Crippen LogP contribution >= 0.6 is 0 Å². The van der Waals surface area contributed by atoms with Crippen LogP contribution in [-0.2, 0) is 4.79 Å². The van der Waals surface area contributed by atoms with Crippen molar-refractivity contribution in [2.45, 2.75) is 0 Å². The van der Waals surface area contributed by atoms with Gasteiger partial charge in [-0.2, -0.15) is 5.10 Å². The predicted octanol–water partition coefficient (Wildman–Crippen LogP) is 0.634. The van der Waals surface area contributed by atoms with Crippen molar-refractivity contribution in [2.24, 2.45) is 15.9 Å². The second-order valence-electron chi connectivity index (χ2n) is 2.61. The first-order chi connectivity index (χ1) is 6.36. The van der Waals surface area contributed by atoms with Crippen molar-refractivity contribution in [1.82, 2.24) is 0 Å². The number of benzene rings is 1. The van der Waals surface area contributed by atoms with Crippen LogP contribution in [0.4, 0.5) is 5.69 Å². The molecule has 1 aromatic rings. The number of aliphatic imine (C=N–C) groups is 1. The van der Waals surface area contributed by atoms with Gasteiger partial charge in [-0.05, 0) is 6.07 Å². The maximum Gasteiger partial charge on any atom is 0.170 e. The normalized spacial score (nSPS) is 16.9. The molecule has 13 heavy (non-hydrogen) atoms. The van der Waals surface area contributed by atoms with Crippen molar-refractivity contribution in [2.75, 3.05) is 0 Å². The zero-order valence-corrected chi connectivity index (χ0v) is 6.77. The fraction of sp³-hybridized carbons (Fsp3) is 0. The van der Waals surface area contributed by atoms with Gasteiger partial charge < -0.3 is 5.84 Å². The molecular weight excluding hydrogens is 166 g/mol. The van der Waals surface area contributed by atoms with Crippen molar-refractivity contribution < 1.29 is 4.79 Å². The summed E-state index contributed by atoms with van der Waals surface area (Å²) in [7, 11) is 0. The van der Waals surface area contributed by atoms with Gasteiger partial charge in [-0.3, -0.25) is 4.79 Å². The highest BCUT2D eigenvalue weighted by atomic mass is 16.1. The molecule has 0 bridgehead atoms. The lowest BCUT2D eigenvalue weighted by atomic mass is 10.1. The third-order valence-corrected chi connectivity index (χ3v) is 1.88. The fourth-order valence-electron chi connectivity index (χ4n) is 1.31. The lowest BCUT2D eigenvalue weighted by molar-refractivity contribution is -0.102. The number of carbonyl (C=O) groups excluding carboxylic acids is 1. The average Bonchev–Trinajstić information content (AvgIpc) is 2.55. The molecule has 1 aromatic carbocycles. The quantitative estimate of drug-likeness (QED) is 0.384. The van der Waals surface area contributed by atoms with E-state index in [1.54, 1.807) is 0 Å². The van der Waals surface area contributed by atoms with Crippen molar-refractivity contribution in [3.05, 3.63) is 29.8 Å². The van der Waals surface area contributed by atoms with Crippen LogP contribution in [0.2, 0.25) is 0 Å². The molecule has 0 spiro atoms. The molecule has 4 heteroatoms. The van der Waals surface area contributed by atoms with Gasteiger partial charge in [0.15, 0.2) is 6.29 Å². The average molecular weight is 173 g/mol. The van der Waals surface area contributed by atoms with E-state index in [-0.39, 0.29) is 0 Å². The molecule has 2 rings (SSSR count). The number of hydrogen-bond acceptors (Lipinski definition) is 4. The third kappa shape index (κ3) is 1.03. The van der Waals surface area contributed by atoms with Gasteiger partial charge >= 0.3 is 0 Å². The van der Waals surface area contributed by atoms with E-state index in [1.165, 1.54) is 0 Å². The Bertz CT molecular complexity index is 421. The van der Waals surface area contributed by atoms with E-state index in [4.69, 9.17) is 5.84 Å². The second-order valence-corrected chi connectivity index (χ2v) is 2.61. The molecule has 0 radical (unpaired) electrons. The molecule has 2 N–H and O–H groups in total. The number of aldehydes is 1. The molecule has 4 nitrogen and oxygen atoms in total. The predicted molar refractivity (Wildman–Crippen MR) is 50.3 cm³/mol. The van der Waals surface area contributed by atoms with Gasteiger partial charge in [-0.1, -0.05) is 18.2 Å². The van der Waals surface area contributed by atoms with Crippen LogP contribution in [-0.4, -0.2) is 17.7 Å². The monoisotopic (exact) mass is 173 g/mol. The zero-order chi connectivity index (χ0) is 9.26. The van der Waals surface area contributed by atoms with E-state index in [1.807, 2.05) is 24.3 Å². The van der Waals surface area contributed by atoms with Crippen LogP contribution in [0.1, 0.15) is 5.56 Å². The Morgan fingerprint density at radius 1 is 1.38 bits per heavy atom. The van der Waals surface area contributed by atoms with Crippen LogP contribution in [0.3, 0.4) is 0 Å². The molecule has 0 aliphatic carbocycles. The summed E-state index contributed by atoms with van der Waals surface area (Å²) in [4.78, 5) is 14.6. The van der Waals surface area contributed by atoms with Crippen molar-refractivity contribution in [3.63, 3.8) is 0 Å².